The van der Waals surface area contributed by atoms with E-state index in [0.29, 0.717) is 11.5 Å². The van der Waals surface area contributed by atoms with Crippen molar-refractivity contribution in [3.8, 4) is 0 Å². The average molecular weight is 349 g/mol. The third-order valence-electron chi connectivity index (χ3n) is 2.94. The van der Waals surface area contributed by atoms with E-state index >= 15 is 0 Å². The van der Waals surface area contributed by atoms with Gasteiger partial charge in [-0.25, -0.2) is 4.98 Å². The zero-order chi connectivity index (χ0) is 13.9. The zero-order valence-corrected chi connectivity index (χ0v) is 13.1. The number of hydrogen-bond acceptors (Lipinski definition) is 2. The van der Waals surface area contributed by atoms with Gasteiger partial charge in [-0.1, -0.05) is 30.3 Å². The lowest BCUT2D eigenvalue weighted by Gasteiger charge is -2.00. The Balaban J connectivity index is 1.74. The summed E-state index contributed by atoms with van der Waals surface area (Å²) in [7, 11) is -0.942. The first-order chi connectivity index (χ1) is 9.70. The second kappa shape index (κ2) is 5.89. The van der Waals surface area contributed by atoms with Gasteiger partial charge in [-0.3, -0.25) is 4.21 Å². The quantitative estimate of drug-likeness (QED) is 0.722. The molecule has 0 spiro atoms. The predicted octanol–water partition coefficient (Wildman–Crippen LogP) is 3.55. The van der Waals surface area contributed by atoms with Gasteiger partial charge < -0.3 is 4.40 Å². The minimum Gasteiger partial charge on any atom is -0.306 e. The van der Waals surface area contributed by atoms with E-state index in [9.17, 15) is 4.21 Å². The van der Waals surface area contributed by atoms with E-state index < -0.39 is 10.8 Å². The molecule has 5 heteroatoms. The maximum absolute atomic E-state index is 12.2. The van der Waals surface area contributed by atoms with Gasteiger partial charge in [0, 0.05) is 33.4 Å². The molecule has 1 aromatic carbocycles. The summed E-state index contributed by atoms with van der Waals surface area (Å²) in [4.78, 5) is 4.48. The van der Waals surface area contributed by atoms with Gasteiger partial charge in [0.05, 0.1) is 11.4 Å². The fourth-order valence-electron chi connectivity index (χ4n) is 2.06. The largest absolute Gasteiger partial charge is 0.306 e. The molecule has 0 fully saturated rings. The van der Waals surface area contributed by atoms with Gasteiger partial charge in [0.1, 0.15) is 5.65 Å². The normalized spacial score (nSPS) is 12.7. The second-order valence-electron chi connectivity index (χ2n) is 4.56. The fraction of sp³-hybridized carbons (Fsp3) is 0.133. The molecule has 2 heterocycles. The van der Waals surface area contributed by atoms with E-state index in [0.717, 1.165) is 21.4 Å². The van der Waals surface area contributed by atoms with E-state index in [1.165, 1.54) is 0 Å². The Hall–Kier alpha value is -1.46. The van der Waals surface area contributed by atoms with E-state index in [4.69, 9.17) is 0 Å². The Morgan fingerprint density at radius 3 is 2.65 bits per heavy atom. The van der Waals surface area contributed by atoms with Crippen molar-refractivity contribution in [2.75, 3.05) is 0 Å². The van der Waals surface area contributed by atoms with Gasteiger partial charge in [-0.15, -0.1) is 0 Å². The summed E-state index contributed by atoms with van der Waals surface area (Å²) in [5.41, 5.74) is 2.83. The molecule has 0 N–H and O–H groups in total. The van der Waals surface area contributed by atoms with E-state index in [-0.39, 0.29) is 0 Å². The van der Waals surface area contributed by atoms with Gasteiger partial charge in [0.15, 0.2) is 0 Å². The van der Waals surface area contributed by atoms with Gasteiger partial charge in [0.25, 0.3) is 0 Å². The van der Waals surface area contributed by atoms with Crippen LogP contribution in [0.5, 0.6) is 0 Å². The molecule has 0 saturated heterocycles. The third kappa shape index (κ3) is 3.16. The lowest BCUT2D eigenvalue weighted by molar-refractivity contribution is 0.681. The van der Waals surface area contributed by atoms with Gasteiger partial charge in [-0.05, 0) is 33.6 Å². The standard InChI is InChI=1S/C15H13BrN2OS/c16-13-6-7-15-17-14(9-18(15)8-13)11-20(19)10-12-4-2-1-3-5-12/h1-9H,10-11H2/t20-/m1/s1. The molecule has 0 unspecified atom stereocenters. The van der Waals surface area contributed by atoms with Gasteiger partial charge in [-0.2, -0.15) is 0 Å². The molecule has 0 bridgehead atoms. The Morgan fingerprint density at radius 1 is 1.05 bits per heavy atom. The maximum Gasteiger partial charge on any atom is 0.137 e. The van der Waals surface area contributed by atoms with Gasteiger partial charge in [0.2, 0.25) is 0 Å². The van der Waals surface area contributed by atoms with Crippen LogP contribution in [0.2, 0.25) is 0 Å². The Labute approximate surface area is 128 Å². The van der Waals surface area contributed by atoms with Crippen molar-refractivity contribution >= 4 is 32.4 Å². The third-order valence-corrected chi connectivity index (χ3v) is 4.69. The minimum absolute atomic E-state index is 0.480. The van der Waals surface area contributed by atoms with Crippen LogP contribution in [0, 0.1) is 0 Å². The molecule has 20 heavy (non-hydrogen) atoms. The molecule has 1 atom stereocenters. The number of benzene rings is 1. The first-order valence-electron chi connectivity index (χ1n) is 6.23. The highest BCUT2D eigenvalue weighted by Crippen LogP contribution is 2.14. The maximum atomic E-state index is 12.2. The zero-order valence-electron chi connectivity index (χ0n) is 10.7. The van der Waals surface area contributed by atoms with Crippen LogP contribution in [0.4, 0.5) is 0 Å². The number of hydrogen-bond donors (Lipinski definition) is 0. The van der Waals surface area contributed by atoms with E-state index in [1.54, 1.807) is 0 Å². The summed E-state index contributed by atoms with van der Waals surface area (Å²) in [5, 5.41) is 0. The first-order valence-corrected chi connectivity index (χ1v) is 8.51. The van der Waals surface area contributed by atoms with Crippen LogP contribution in [-0.4, -0.2) is 13.6 Å². The molecule has 0 amide bonds. The fourth-order valence-corrected chi connectivity index (χ4v) is 3.55. The Morgan fingerprint density at radius 2 is 1.85 bits per heavy atom. The number of halogens is 1. The number of pyridine rings is 1. The summed E-state index contributed by atoms with van der Waals surface area (Å²) in [6, 6.07) is 13.8. The summed E-state index contributed by atoms with van der Waals surface area (Å²) >= 11 is 3.43. The monoisotopic (exact) mass is 348 g/mol. The summed E-state index contributed by atoms with van der Waals surface area (Å²) < 4.78 is 15.1. The number of nitrogens with zero attached hydrogens (tertiary/aromatic N) is 2. The van der Waals surface area contributed by atoms with Crippen LogP contribution in [0.1, 0.15) is 11.3 Å². The molecule has 0 aliphatic heterocycles. The van der Waals surface area contributed by atoms with Crippen LogP contribution in [0.3, 0.4) is 0 Å². The van der Waals surface area contributed by atoms with Crippen molar-refractivity contribution in [1.29, 1.82) is 0 Å². The molecule has 3 aromatic rings. The van der Waals surface area contributed by atoms with Crippen molar-refractivity contribution in [3.63, 3.8) is 0 Å². The smallest absolute Gasteiger partial charge is 0.137 e. The lowest BCUT2D eigenvalue weighted by atomic mass is 10.2. The molecule has 2 aromatic heterocycles. The Kier molecular flexibility index (Phi) is 3.98. The average Bonchev–Trinajstić information content (AvgIpc) is 2.80. The number of aromatic nitrogens is 2. The van der Waals surface area contributed by atoms with Crippen molar-refractivity contribution in [1.82, 2.24) is 9.38 Å². The van der Waals surface area contributed by atoms with E-state index in [2.05, 4.69) is 20.9 Å². The molecular formula is C15H13BrN2OS. The highest BCUT2D eigenvalue weighted by atomic mass is 79.9. The molecular weight excluding hydrogens is 336 g/mol. The highest BCUT2D eigenvalue weighted by Gasteiger charge is 2.07. The van der Waals surface area contributed by atoms with Crippen molar-refractivity contribution < 1.29 is 4.21 Å². The first kappa shape index (κ1) is 13.5. The van der Waals surface area contributed by atoms with Crippen LogP contribution in [-0.2, 0) is 22.3 Å². The lowest BCUT2D eigenvalue weighted by Crippen LogP contribution is -1.99. The highest BCUT2D eigenvalue weighted by molar-refractivity contribution is 9.10. The second-order valence-corrected chi connectivity index (χ2v) is 6.93. The molecule has 3 rings (SSSR count). The van der Waals surface area contributed by atoms with E-state index in [1.807, 2.05) is 59.3 Å². The topological polar surface area (TPSA) is 34.4 Å². The van der Waals surface area contributed by atoms with Gasteiger partial charge >= 0.3 is 0 Å². The number of imidazole rings is 1. The predicted molar refractivity (Wildman–Crippen MR) is 84.9 cm³/mol. The summed E-state index contributed by atoms with van der Waals surface area (Å²) in [5.74, 6) is 1.05. The molecule has 0 aliphatic rings. The molecule has 3 nitrogen and oxygen atoms in total. The molecule has 0 aliphatic carbocycles. The molecule has 0 radical (unpaired) electrons. The summed E-state index contributed by atoms with van der Waals surface area (Å²) in [6.07, 6.45) is 3.88. The Bertz CT molecular complexity index is 755. The number of rotatable bonds is 4. The minimum atomic E-state index is -0.942. The molecule has 102 valence electrons. The van der Waals surface area contributed by atoms with Crippen LogP contribution >= 0.6 is 15.9 Å². The van der Waals surface area contributed by atoms with Crippen LogP contribution < -0.4 is 0 Å². The van der Waals surface area contributed by atoms with Crippen molar-refractivity contribution in [2.24, 2.45) is 0 Å². The van der Waals surface area contributed by atoms with Crippen LogP contribution in [0.15, 0.2) is 59.3 Å². The van der Waals surface area contributed by atoms with Crippen molar-refractivity contribution in [3.05, 3.63) is 70.6 Å². The molecule has 0 saturated carbocycles. The number of fused-ring (bicyclic) bond motifs is 1. The summed E-state index contributed by atoms with van der Waals surface area (Å²) in [6.45, 7) is 0. The van der Waals surface area contributed by atoms with Crippen molar-refractivity contribution in [2.45, 2.75) is 11.5 Å². The SMILES string of the molecule is O=[S@](Cc1ccccc1)Cc1cn2cc(Br)ccc2n1. The van der Waals surface area contributed by atoms with Crippen LogP contribution in [0.25, 0.3) is 5.65 Å².